The second-order valence-electron chi connectivity index (χ2n) is 5.20. The van der Waals surface area contributed by atoms with Gasteiger partial charge in [0.05, 0.1) is 0 Å². The van der Waals surface area contributed by atoms with Gasteiger partial charge in [0.25, 0.3) is 5.91 Å². The van der Waals surface area contributed by atoms with Gasteiger partial charge in [-0.05, 0) is 24.6 Å². The summed E-state index contributed by atoms with van der Waals surface area (Å²) >= 11 is 7.50. The second kappa shape index (κ2) is 6.98. The van der Waals surface area contributed by atoms with Crippen LogP contribution in [-0.4, -0.2) is 10.9 Å². The molecule has 0 aliphatic heterocycles. The third-order valence-corrected chi connectivity index (χ3v) is 4.79. The number of nitrogens with one attached hydrogen (secondary N) is 1. The van der Waals surface area contributed by atoms with Crippen LogP contribution in [-0.2, 0) is 6.54 Å². The molecule has 7 heteroatoms. The van der Waals surface area contributed by atoms with Gasteiger partial charge in [-0.3, -0.25) is 4.79 Å². The minimum Gasteiger partial charge on any atom is -0.618 e. The van der Waals surface area contributed by atoms with Crippen LogP contribution >= 0.6 is 22.9 Å². The highest BCUT2D eigenvalue weighted by Gasteiger charge is 2.14. The van der Waals surface area contributed by atoms with Crippen LogP contribution < -0.4 is 10.0 Å². The van der Waals surface area contributed by atoms with Gasteiger partial charge in [0.15, 0.2) is 6.20 Å². The number of rotatable bonds is 4. The number of aryl methyl sites for hydroxylation is 1. The number of hydrogen-bond acceptors (Lipinski definition) is 4. The minimum atomic E-state index is -0.320. The number of halogens is 1. The van der Waals surface area contributed by atoms with Crippen LogP contribution in [0.25, 0.3) is 10.6 Å². The van der Waals surface area contributed by atoms with E-state index in [1.807, 2.05) is 25.1 Å². The van der Waals surface area contributed by atoms with E-state index in [0.29, 0.717) is 16.4 Å². The van der Waals surface area contributed by atoms with E-state index < -0.39 is 0 Å². The third-order valence-electron chi connectivity index (χ3n) is 3.49. The lowest BCUT2D eigenvalue weighted by Gasteiger charge is -2.04. The number of thiazole rings is 1. The van der Waals surface area contributed by atoms with Gasteiger partial charge < -0.3 is 10.5 Å². The lowest BCUT2D eigenvalue weighted by molar-refractivity contribution is -0.614. The molecule has 122 valence electrons. The van der Waals surface area contributed by atoms with Gasteiger partial charge in [-0.2, -0.15) is 4.73 Å². The third kappa shape index (κ3) is 3.55. The summed E-state index contributed by atoms with van der Waals surface area (Å²) < 4.78 is 0.723. The van der Waals surface area contributed by atoms with Crippen molar-refractivity contribution in [1.29, 1.82) is 0 Å². The Morgan fingerprint density at radius 1 is 1.38 bits per heavy atom. The van der Waals surface area contributed by atoms with Crippen LogP contribution in [0.4, 0.5) is 0 Å². The summed E-state index contributed by atoms with van der Waals surface area (Å²) in [4.78, 5) is 16.5. The molecule has 2 heterocycles. The average molecular weight is 360 g/mol. The van der Waals surface area contributed by atoms with Crippen molar-refractivity contribution < 1.29 is 9.52 Å². The van der Waals surface area contributed by atoms with Gasteiger partial charge in [-0.15, -0.1) is 11.3 Å². The van der Waals surface area contributed by atoms with Crippen LogP contribution in [0.5, 0.6) is 0 Å². The lowest BCUT2D eigenvalue weighted by Crippen LogP contribution is -2.35. The molecule has 3 aromatic rings. The van der Waals surface area contributed by atoms with Crippen LogP contribution in [0.2, 0.25) is 5.02 Å². The number of aromatic nitrogens is 2. The number of pyridine rings is 1. The summed E-state index contributed by atoms with van der Waals surface area (Å²) in [7, 11) is 0. The smallest absolute Gasteiger partial charge is 0.271 e. The summed E-state index contributed by atoms with van der Waals surface area (Å²) in [6.45, 7) is 2.07. The molecule has 1 N–H and O–H groups in total. The monoisotopic (exact) mass is 359 g/mol. The first-order valence-electron chi connectivity index (χ1n) is 7.22. The first-order chi connectivity index (χ1) is 11.5. The standard InChI is InChI=1S/C17H14ClN3O2S/c1-11-5-6-12(8-14(11)18)17-20-15(10-24-17)16(22)19-9-13-4-2-3-7-21(13)23/h2-8,10H,9H2,1H3,(H,19,22). The number of carbonyl (C=O) groups is 1. The molecule has 0 fully saturated rings. The molecule has 0 radical (unpaired) electrons. The second-order valence-corrected chi connectivity index (χ2v) is 6.47. The van der Waals surface area contributed by atoms with Gasteiger partial charge in [-0.25, -0.2) is 4.98 Å². The molecular weight excluding hydrogens is 346 g/mol. The van der Waals surface area contributed by atoms with Gasteiger partial charge in [-0.1, -0.05) is 23.7 Å². The predicted molar refractivity (Wildman–Crippen MR) is 93.9 cm³/mol. The Bertz CT molecular complexity index is 895. The Labute approximate surface area is 148 Å². The highest BCUT2D eigenvalue weighted by atomic mass is 35.5. The van der Waals surface area contributed by atoms with Crippen molar-refractivity contribution in [3.05, 3.63) is 75.2 Å². The van der Waals surface area contributed by atoms with E-state index in [0.717, 1.165) is 20.9 Å². The average Bonchev–Trinajstić information content (AvgIpc) is 3.06. The zero-order valence-electron chi connectivity index (χ0n) is 12.8. The molecule has 0 unspecified atom stereocenters. The molecule has 5 nitrogen and oxygen atoms in total. The number of nitrogens with zero attached hydrogens (tertiary/aromatic N) is 2. The predicted octanol–water partition coefficient (Wildman–Crippen LogP) is 3.34. The zero-order valence-corrected chi connectivity index (χ0v) is 14.4. The van der Waals surface area contributed by atoms with Crippen LogP contribution in [0.3, 0.4) is 0 Å². The molecule has 1 amide bonds. The summed E-state index contributed by atoms with van der Waals surface area (Å²) in [5, 5.41) is 17.3. The summed E-state index contributed by atoms with van der Waals surface area (Å²) in [6, 6.07) is 10.7. The number of carbonyl (C=O) groups excluding carboxylic acids is 1. The molecule has 3 rings (SSSR count). The fraction of sp³-hybridized carbons (Fsp3) is 0.118. The van der Waals surface area contributed by atoms with E-state index in [4.69, 9.17) is 11.6 Å². The normalized spacial score (nSPS) is 10.6. The van der Waals surface area contributed by atoms with Crippen molar-refractivity contribution in [2.24, 2.45) is 0 Å². The van der Waals surface area contributed by atoms with Gasteiger partial charge >= 0.3 is 0 Å². The maximum Gasteiger partial charge on any atom is 0.271 e. The Balaban J connectivity index is 1.72. The zero-order chi connectivity index (χ0) is 17.1. The van der Waals surface area contributed by atoms with Crippen molar-refractivity contribution >= 4 is 28.8 Å². The highest BCUT2D eigenvalue weighted by Crippen LogP contribution is 2.27. The molecule has 2 aromatic heterocycles. The van der Waals surface area contributed by atoms with E-state index >= 15 is 0 Å². The van der Waals surface area contributed by atoms with Crippen molar-refractivity contribution in [2.75, 3.05) is 0 Å². The SMILES string of the molecule is Cc1ccc(-c2nc(C(=O)NCc3cccc[n+]3[O-])cs2)cc1Cl. The fourth-order valence-electron chi connectivity index (χ4n) is 2.10. The molecule has 0 saturated heterocycles. The Kier molecular flexibility index (Phi) is 4.78. The van der Waals surface area contributed by atoms with Crippen molar-refractivity contribution in [3.63, 3.8) is 0 Å². The van der Waals surface area contributed by atoms with E-state index in [9.17, 15) is 10.0 Å². The fourth-order valence-corrected chi connectivity index (χ4v) is 3.08. The Hall–Kier alpha value is -2.44. The maximum absolute atomic E-state index is 12.2. The van der Waals surface area contributed by atoms with Crippen molar-refractivity contribution in [2.45, 2.75) is 13.5 Å². The highest BCUT2D eigenvalue weighted by molar-refractivity contribution is 7.13. The molecule has 0 aliphatic rings. The van der Waals surface area contributed by atoms with Gasteiger partial charge in [0.2, 0.25) is 5.69 Å². The van der Waals surface area contributed by atoms with Crippen LogP contribution in [0.1, 0.15) is 21.7 Å². The number of hydrogen-bond donors (Lipinski definition) is 1. The van der Waals surface area contributed by atoms with Crippen molar-refractivity contribution in [1.82, 2.24) is 10.3 Å². The Morgan fingerprint density at radius 3 is 2.96 bits per heavy atom. The van der Waals surface area contributed by atoms with Crippen LogP contribution in [0.15, 0.2) is 48.0 Å². The first kappa shape index (κ1) is 16.4. The summed E-state index contributed by atoms with van der Waals surface area (Å²) in [5.41, 5.74) is 2.64. The molecule has 0 atom stereocenters. The summed E-state index contributed by atoms with van der Waals surface area (Å²) in [6.07, 6.45) is 1.39. The van der Waals surface area contributed by atoms with E-state index in [1.54, 1.807) is 23.6 Å². The molecule has 0 saturated carbocycles. The lowest BCUT2D eigenvalue weighted by atomic mass is 10.1. The largest absolute Gasteiger partial charge is 0.618 e. The molecular formula is C17H14ClN3O2S. The molecule has 0 spiro atoms. The van der Waals surface area contributed by atoms with E-state index in [1.165, 1.54) is 17.5 Å². The van der Waals surface area contributed by atoms with Crippen molar-refractivity contribution in [3.8, 4) is 10.6 Å². The molecule has 0 aliphatic carbocycles. The first-order valence-corrected chi connectivity index (χ1v) is 8.47. The van der Waals surface area contributed by atoms with E-state index in [2.05, 4.69) is 10.3 Å². The van der Waals surface area contributed by atoms with Gasteiger partial charge in [0, 0.05) is 28.1 Å². The van der Waals surface area contributed by atoms with E-state index in [-0.39, 0.29) is 12.5 Å². The molecule has 24 heavy (non-hydrogen) atoms. The number of benzene rings is 1. The quantitative estimate of drug-likeness (QED) is 0.573. The maximum atomic E-state index is 12.2. The topological polar surface area (TPSA) is 68.9 Å². The minimum absolute atomic E-state index is 0.145. The molecule has 1 aromatic carbocycles. The summed E-state index contributed by atoms with van der Waals surface area (Å²) in [5.74, 6) is -0.320. The van der Waals surface area contributed by atoms with Gasteiger partial charge in [0.1, 0.15) is 17.2 Å². The molecule has 0 bridgehead atoms. The number of amides is 1. The van der Waals surface area contributed by atoms with Crippen LogP contribution in [0, 0.1) is 12.1 Å². The Morgan fingerprint density at radius 2 is 2.21 bits per heavy atom.